The SMILES string of the molecule is C/C=C(/C)c1ccc(N(c2ccccc2)c2ccccc2)cc1-c1cc(-c2ccc(N(c3ccc(-c4ccccc4)cc3)c3ccc(-c4ccccc4)cc3)cc2)ccc1C.Cc1ccccc1C. The topological polar surface area (TPSA) is 6.48 Å². The molecule has 69 heavy (non-hydrogen) atoms. The van der Waals surface area contributed by atoms with Gasteiger partial charge in [-0.1, -0.05) is 182 Å². The highest BCUT2D eigenvalue weighted by molar-refractivity contribution is 5.89. The molecular formula is C67H58N2. The van der Waals surface area contributed by atoms with Crippen LogP contribution in [-0.2, 0) is 0 Å². The lowest BCUT2D eigenvalue weighted by Gasteiger charge is -2.27. The van der Waals surface area contributed by atoms with Gasteiger partial charge in [0, 0.05) is 34.1 Å². The third-order valence-corrected chi connectivity index (χ3v) is 13.0. The van der Waals surface area contributed by atoms with E-state index in [0.29, 0.717) is 0 Å². The first-order valence-electron chi connectivity index (χ1n) is 23.9. The maximum atomic E-state index is 2.37. The van der Waals surface area contributed by atoms with Gasteiger partial charge in [0.15, 0.2) is 0 Å². The standard InChI is InChI=1S/C59H48N2.C8H10/c1-4-43(2)57-40-39-56(61(51-21-13-7-14-22-51)52-23-15-8-16-24-52)42-59(57)58-41-50(26-25-44(58)3)49-31-37-55(38-32-49)60(53-33-27-47(28-34-53)45-17-9-5-10-18-45)54-35-29-48(30-36-54)46-19-11-6-12-20-46;1-7-5-3-4-6-8(7)2/h4-42H,1-3H3;3-6H,1-2H3/b43-4-;. The normalized spacial score (nSPS) is 11.1. The van der Waals surface area contributed by atoms with Gasteiger partial charge in [0.2, 0.25) is 0 Å². The van der Waals surface area contributed by atoms with Gasteiger partial charge in [-0.3, -0.25) is 0 Å². The molecule has 0 amide bonds. The van der Waals surface area contributed by atoms with E-state index in [1.807, 2.05) is 0 Å². The van der Waals surface area contributed by atoms with Gasteiger partial charge in [-0.25, -0.2) is 0 Å². The monoisotopic (exact) mass is 890 g/mol. The number of benzene rings is 10. The van der Waals surface area contributed by atoms with Crippen LogP contribution in [0.25, 0.3) is 50.1 Å². The molecule has 0 aliphatic rings. The summed E-state index contributed by atoms with van der Waals surface area (Å²) < 4.78 is 0. The molecule has 0 radical (unpaired) electrons. The minimum atomic E-state index is 1.09. The summed E-state index contributed by atoms with van der Waals surface area (Å²) in [6, 6.07) is 91.3. The van der Waals surface area contributed by atoms with E-state index in [4.69, 9.17) is 0 Å². The van der Waals surface area contributed by atoms with Gasteiger partial charge in [0.05, 0.1) is 0 Å². The van der Waals surface area contributed by atoms with Gasteiger partial charge in [-0.05, 0) is 186 Å². The minimum Gasteiger partial charge on any atom is -0.311 e. The quantitative estimate of drug-likeness (QED) is 0.128. The number of rotatable bonds is 11. The van der Waals surface area contributed by atoms with Crippen LogP contribution in [0, 0.1) is 20.8 Å². The summed E-state index contributed by atoms with van der Waals surface area (Å²) >= 11 is 0. The summed E-state index contributed by atoms with van der Waals surface area (Å²) in [5.41, 5.74) is 22.7. The third-order valence-electron chi connectivity index (χ3n) is 13.0. The number of nitrogens with zero attached hydrogens (tertiary/aromatic N) is 2. The number of hydrogen-bond donors (Lipinski definition) is 0. The van der Waals surface area contributed by atoms with Crippen molar-refractivity contribution >= 4 is 39.7 Å². The molecule has 2 nitrogen and oxygen atoms in total. The molecule has 10 aromatic rings. The summed E-state index contributed by atoms with van der Waals surface area (Å²) in [6.07, 6.45) is 2.21. The highest BCUT2D eigenvalue weighted by Crippen LogP contribution is 2.42. The van der Waals surface area contributed by atoms with Crippen LogP contribution >= 0.6 is 0 Å². The molecule has 0 heterocycles. The van der Waals surface area contributed by atoms with E-state index in [0.717, 1.165) is 34.1 Å². The fourth-order valence-corrected chi connectivity index (χ4v) is 8.87. The summed E-state index contributed by atoms with van der Waals surface area (Å²) in [5.74, 6) is 0. The number of aryl methyl sites for hydroxylation is 3. The Labute approximate surface area is 409 Å². The molecular weight excluding hydrogens is 833 g/mol. The van der Waals surface area contributed by atoms with Crippen LogP contribution in [0.1, 0.15) is 36.1 Å². The molecule has 0 unspecified atom stereocenters. The molecule has 0 N–H and O–H groups in total. The van der Waals surface area contributed by atoms with Gasteiger partial charge in [0.25, 0.3) is 0 Å². The second kappa shape index (κ2) is 21.4. The Hall–Kier alpha value is -8.46. The smallest absolute Gasteiger partial charge is 0.0468 e. The Morgan fingerprint density at radius 2 is 0.623 bits per heavy atom. The van der Waals surface area contributed by atoms with Crippen molar-refractivity contribution < 1.29 is 0 Å². The first kappa shape index (κ1) is 45.7. The molecule has 0 atom stereocenters. The van der Waals surface area contributed by atoms with Crippen molar-refractivity contribution in [2.24, 2.45) is 0 Å². The zero-order valence-electron chi connectivity index (χ0n) is 40.2. The summed E-state index contributed by atoms with van der Waals surface area (Å²) in [4.78, 5) is 4.68. The van der Waals surface area contributed by atoms with Crippen LogP contribution in [0.4, 0.5) is 34.1 Å². The van der Waals surface area contributed by atoms with Crippen LogP contribution in [0.5, 0.6) is 0 Å². The average Bonchev–Trinajstić information content (AvgIpc) is 3.41. The van der Waals surface area contributed by atoms with Crippen LogP contribution in [0.3, 0.4) is 0 Å². The van der Waals surface area contributed by atoms with Crippen molar-refractivity contribution in [3.05, 3.63) is 283 Å². The van der Waals surface area contributed by atoms with Gasteiger partial charge >= 0.3 is 0 Å². The van der Waals surface area contributed by atoms with Crippen LogP contribution in [-0.4, -0.2) is 0 Å². The highest BCUT2D eigenvalue weighted by Gasteiger charge is 2.18. The second-order valence-electron chi connectivity index (χ2n) is 17.5. The first-order valence-corrected chi connectivity index (χ1v) is 23.9. The molecule has 0 bridgehead atoms. The molecule has 336 valence electrons. The fraction of sp³-hybridized carbons (Fsp3) is 0.0746. The van der Waals surface area contributed by atoms with Gasteiger partial charge < -0.3 is 9.80 Å². The van der Waals surface area contributed by atoms with Gasteiger partial charge in [-0.2, -0.15) is 0 Å². The zero-order valence-corrected chi connectivity index (χ0v) is 40.2. The lowest BCUT2D eigenvalue weighted by atomic mass is 9.89. The van der Waals surface area contributed by atoms with Crippen molar-refractivity contribution in [2.45, 2.75) is 34.6 Å². The summed E-state index contributed by atoms with van der Waals surface area (Å²) in [6.45, 7) is 10.8. The zero-order chi connectivity index (χ0) is 47.5. The van der Waals surface area contributed by atoms with E-state index >= 15 is 0 Å². The largest absolute Gasteiger partial charge is 0.311 e. The lowest BCUT2D eigenvalue weighted by molar-refractivity contribution is 1.28. The summed E-state index contributed by atoms with van der Waals surface area (Å²) in [7, 11) is 0. The van der Waals surface area contributed by atoms with Crippen molar-refractivity contribution in [1.29, 1.82) is 0 Å². The van der Waals surface area contributed by atoms with Crippen molar-refractivity contribution in [3.8, 4) is 44.5 Å². The van der Waals surface area contributed by atoms with E-state index in [9.17, 15) is 0 Å². The maximum Gasteiger partial charge on any atom is 0.0468 e. The second-order valence-corrected chi connectivity index (χ2v) is 17.5. The predicted octanol–water partition coefficient (Wildman–Crippen LogP) is 19.3. The number of para-hydroxylation sites is 2. The number of allylic oxidation sites excluding steroid dienone is 2. The molecule has 10 aromatic carbocycles. The molecule has 0 fully saturated rings. The van der Waals surface area contributed by atoms with E-state index < -0.39 is 0 Å². The molecule has 0 aliphatic heterocycles. The Kier molecular flexibility index (Phi) is 14.2. The third kappa shape index (κ3) is 10.6. The molecule has 0 saturated heterocycles. The Morgan fingerprint density at radius 1 is 0.290 bits per heavy atom. The molecule has 0 saturated carbocycles. The van der Waals surface area contributed by atoms with Gasteiger partial charge in [-0.15, -0.1) is 0 Å². The van der Waals surface area contributed by atoms with Crippen molar-refractivity contribution in [1.82, 2.24) is 0 Å². The predicted molar refractivity (Wildman–Crippen MR) is 298 cm³/mol. The van der Waals surface area contributed by atoms with Crippen molar-refractivity contribution in [3.63, 3.8) is 0 Å². The van der Waals surface area contributed by atoms with Crippen molar-refractivity contribution in [2.75, 3.05) is 9.80 Å². The number of anilines is 6. The lowest BCUT2D eigenvalue weighted by Crippen LogP contribution is -2.10. The molecule has 2 heteroatoms. The van der Waals surface area contributed by atoms with Crippen LogP contribution < -0.4 is 9.80 Å². The molecule has 0 aromatic heterocycles. The van der Waals surface area contributed by atoms with E-state index in [1.165, 1.54) is 72.3 Å². The number of hydrogen-bond acceptors (Lipinski definition) is 2. The molecule has 0 aliphatic carbocycles. The van der Waals surface area contributed by atoms with Crippen LogP contribution in [0.15, 0.2) is 261 Å². The molecule has 10 rings (SSSR count). The van der Waals surface area contributed by atoms with Crippen LogP contribution in [0.2, 0.25) is 0 Å². The Bertz CT molecular complexity index is 3120. The summed E-state index contributed by atoms with van der Waals surface area (Å²) in [5, 5.41) is 0. The van der Waals surface area contributed by atoms with E-state index in [2.05, 4.69) is 305 Å². The highest BCUT2D eigenvalue weighted by atomic mass is 15.1. The first-order chi connectivity index (χ1) is 33.8. The Morgan fingerprint density at radius 3 is 1.04 bits per heavy atom. The average molecular weight is 891 g/mol. The van der Waals surface area contributed by atoms with E-state index in [-0.39, 0.29) is 0 Å². The van der Waals surface area contributed by atoms with Gasteiger partial charge in [0.1, 0.15) is 0 Å². The fourth-order valence-electron chi connectivity index (χ4n) is 8.87. The minimum absolute atomic E-state index is 1.09. The maximum absolute atomic E-state index is 2.37. The Balaban J connectivity index is 0.000000674. The van der Waals surface area contributed by atoms with E-state index in [1.54, 1.807) is 0 Å². The molecule has 0 spiro atoms.